The minimum atomic E-state index is -3.34. The molecule has 7 nitrogen and oxygen atoms in total. The lowest BCUT2D eigenvalue weighted by molar-refractivity contribution is 0.157. The molecule has 0 saturated carbocycles. The topological polar surface area (TPSA) is 86.6 Å². The lowest BCUT2D eigenvalue weighted by atomic mass is 10.1. The molecule has 0 unspecified atom stereocenters. The molecule has 1 N–H and O–H groups in total. The summed E-state index contributed by atoms with van der Waals surface area (Å²) >= 11 is 5.72. The van der Waals surface area contributed by atoms with Gasteiger partial charge in [0.1, 0.15) is 0 Å². The van der Waals surface area contributed by atoms with Crippen LogP contribution in [0.15, 0.2) is 12.4 Å². The normalized spacial score (nSPS) is 23.6. The van der Waals surface area contributed by atoms with E-state index in [1.165, 1.54) is 30.8 Å². The number of nitrogens with zero attached hydrogens (tertiary/aromatic N) is 4. The van der Waals surface area contributed by atoms with Crippen molar-refractivity contribution in [3.05, 3.63) is 17.4 Å². The Hall–Kier alpha value is -0.960. The molecule has 1 fully saturated rings. The monoisotopic (exact) mass is 320 g/mol. The molecule has 1 aliphatic heterocycles. The molecule has 2 heterocycles. The number of aliphatic hydroxyl groups is 1. The second kappa shape index (κ2) is 5.80. The summed E-state index contributed by atoms with van der Waals surface area (Å²) in [4.78, 5) is 9.91. The average molecular weight is 321 g/mol. The molecule has 0 spiro atoms. The first-order chi connectivity index (χ1) is 9.29. The van der Waals surface area contributed by atoms with E-state index < -0.39 is 16.1 Å². The molecule has 0 aromatic carbocycles. The second-order valence-corrected chi connectivity index (χ2v) is 7.66. The summed E-state index contributed by atoms with van der Waals surface area (Å²) in [7, 11) is -0.376. The SMILES string of the molecule is CN(C)S(=O)(=O)C[C@@H]1CN(c2ncc(Cl)cn2)C[C@@H]1O. The molecule has 0 amide bonds. The van der Waals surface area contributed by atoms with E-state index >= 15 is 0 Å². The minimum Gasteiger partial charge on any atom is -0.391 e. The largest absolute Gasteiger partial charge is 0.391 e. The zero-order valence-corrected chi connectivity index (χ0v) is 12.8. The van der Waals surface area contributed by atoms with Crippen LogP contribution in [0.3, 0.4) is 0 Å². The molecule has 1 saturated heterocycles. The summed E-state index contributed by atoms with van der Waals surface area (Å²) in [5.41, 5.74) is 0. The number of aliphatic hydroxyl groups excluding tert-OH is 1. The van der Waals surface area contributed by atoms with Crippen LogP contribution in [0.2, 0.25) is 5.02 Å². The van der Waals surface area contributed by atoms with Gasteiger partial charge in [-0.25, -0.2) is 22.7 Å². The molecule has 0 aliphatic carbocycles. The predicted molar refractivity (Wildman–Crippen MR) is 76.2 cm³/mol. The van der Waals surface area contributed by atoms with E-state index in [1.54, 1.807) is 4.90 Å². The summed E-state index contributed by atoms with van der Waals surface area (Å²) in [5.74, 6) is -0.00879. The Bertz CT molecular complexity index is 564. The van der Waals surface area contributed by atoms with Gasteiger partial charge in [-0.05, 0) is 0 Å². The molecule has 1 aromatic rings. The van der Waals surface area contributed by atoms with Gasteiger partial charge in [-0.15, -0.1) is 0 Å². The highest BCUT2D eigenvalue weighted by molar-refractivity contribution is 7.89. The van der Waals surface area contributed by atoms with Crippen LogP contribution >= 0.6 is 11.6 Å². The maximum atomic E-state index is 11.9. The van der Waals surface area contributed by atoms with Gasteiger partial charge in [-0.3, -0.25) is 0 Å². The predicted octanol–water partition coefficient (Wildman–Crippen LogP) is -0.181. The van der Waals surface area contributed by atoms with Crippen LogP contribution < -0.4 is 4.90 Å². The summed E-state index contributed by atoms with van der Waals surface area (Å²) in [6.07, 6.45) is 2.23. The first kappa shape index (κ1) is 15.4. The number of anilines is 1. The van der Waals surface area contributed by atoms with Crippen molar-refractivity contribution >= 4 is 27.6 Å². The van der Waals surface area contributed by atoms with Crippen molar-refractivity contribution in [2.45, 2.75) is 6.10 Å². The van der Waals surface area contributed by atoms with Gasteiger partial charge >= 0.3 is 0 Å². The molecular weight excluding hydrogens is 304 g/mol. The van der Waals surface area contributed by atoms with Crippen molar-refractivity contribution in [1.29, 1.82) is 0 Å². The zero-order valence-electron chi connectivity index (χ0n) is 11.3. The zero-order chi connectivity index (χ0) is 14.9. The van der Waals surface area contributed by atoms with Crippen LogP contribution in [0.5, 0.6) is 0 Å². The number of hydrogen-bond acceptors (Lipinski definition) is 6. The molecule has 9 heteroatoms. The lowest BCUT2D eigenvalue weighted by Crippen LogP contribution is -2.33. The number of rotatable bonds is 4. The number of aromatic nitrogens is 2. The van der Waals surface area contributed by atoms with Crippen molar-refractivity contribution in [1.82, 2.24) is 14.3 Å². The molecule has 2 atom stereocenters. The average Bonchev–Trinajstić information content (AvgIpc) is 2.71. The third-order valence-electron chi connectivity index (χ3n) is 3.28. The summed E-state index contributed by atoms with van der Waals surface area (Å²) < 4.78 is 24.9. The number of hydrogen-bond donors (Lipinski definition) is 1. The molecular formula is C11H17ClN4O3S. The molecule has 20 heavy (non-hydrogen) atoms. The Kier molecular flexibility index (Phi) is 4.48. The second-order valence-electron chi connectivity index (χ2n) is 4.99. The maximum Gasteiger partial charge on any atom is 0.225 e. The molecule has 112 valence electrons. The summed E-state index contributed by atoms with van der Waals surface area (Å²) in [6.45, 7) is 0.713. The van der Waals surface area contributed by atoms with Crippen LogP contribution in [0.25, 0.3) is 0 Å². The van der Waals surface area contributed by atoms with Crippen molar-refractivity contribution in [3.8, 4) is 0 Å². The highest BCUT2D eigenvalue weighted by atomic mass is 35.5. The van der Waals surface area contributed by atoms with E-state index in [9.17, 15) is 13.5 Å². The molecule has 1 aliphatic rings. The van der Waals surface area contributed by atoms with Crippen LogP contribution in [0, 0.1) is 5.92 Å². The van der Waals surface area contributed by atoms with Crippen LogP contribution in [0.4, 0.5) is 5.95 Å². The van der Waals surface area contributed by atoms with Crippen LogP contribution in [0.1, 0.15) is 0 Å². The summed E-state index contributed by atoms with van der Waals surface area (Å²) in [6, 6.07) is 0. The van der Waals surface area contributed by atoms with E-state index in [0.29, 0.717) is 24.1 Å². The van der Waals surface area contributed by atoms with Gasteiger partial charge in [-0.2, -0.15) is 0 Å². The maximum absolute atomic E-state index is 11.9. The molecule has 0 radical (unpaired) electrons. The van der Waals surface area contributed by atoms with Gasteiger partial charge < -0.3 is 10.0 Å². The summed E-state index contributed by atoms with van der Waals surface area (Å²) in [5, 5.41) is 10.4. The third kappa shape index (κ3) is 3.38. The number of β-amino-alcohol motifs (C(OH)–C–C–N with tert-alkyl or cyclic N) is 1. The van der Waals surface area contributed by atoms with E-state index in [4.69, 9.17) is 11.6 Å². The van der Waals surface area contributed by atoms with Gasteiger partial charge in [0.05, 0.1) is 29.3 Å². The van der Waals surface area contributed by atoms with Crippen molar-refractivity contribution in [2.75, 3.05) is 37.8 Å². The van der Waals surface area contributed by atoms with Gasteiger partial charge in [0, 0.05) is 33.1 Å². The van der Waals surface area contributed by atoms with Gasteiger partial charge in [-0.1, -0.05) is 11.6 Å². The highest BCUT2D eigenvalue weighted by Gasteiger charge is 2.36. The van der Waals surface area contributed by atoms with Crippen molar-refractivity contribution in [3.63, 3.8) is 0 Å². The fraction of sp³-hybridized carbons (Fsp3) is 0.636. The van der Waals surface area contributed by atoms with Crippen LogP contribution in [-0.4, -0.2) is 66.8 Å². The quantitative estimate of drug-likeness (QED) is 0.828. The third-order valence-corrected chi connectivity index (χ3v) is 5.43. The van der Waals surface area contributed by atoms with Crippen LogP contribution in [-0.2, 0) is 10.0 Å². The van der Waals surface area contributed by atoms with E-state index in [-0.39, 0.29) is 11.7 Å². The number of halogens is 1. The smallest absolute Gasteiger partial charge is 0.225 e. The Morgan fingerprint density at radius 1 is 1.40 bits per heavy atom. The fourth-order valence-electron chi connectivity index (χ4n) is 2.07. The van der Waals surface area contributed by atoms with Crippen molar-refractivity contribution < 1.29 is 13.5 Å². The first-order valence-corrected chi connectivity index (χ1v) is 8.09. The van der Waals surface area contributed by atoms with Crippen molar-refractivity contribution in [2.24, 2.45) is 5.92 Å². The van der Waals surface area contributed by atoms with E-state index in [1.807, 2.05) is 0 Å². The minimum absolute atomic E-state index is 0.0920. The van der Waals surface area contributed by atoms with E-state index in [2.05, 4.69) is 9.97 Å². The Morgan fingerprint density at radius 2 is 2.00 bits per heavy atom. The Morgan fingerprint density at radius 3 is 2.55 bits per heavy atom. The Labute approximate surface area is 123 Å². The van der Waals surface area contributed by atoms with Gasteiger partial charge in [0.25, 0.3) is 0 Å². The fourth-order valence-corrected chi connectivity index (χ4v) is 3.33. The molecule has 0 bridgehead atoms. The Balaban J connectivity index is 2.07. The van der Waals surface area contributed by atoms with Gasteiger partial charge in [0.2, 0.25) is 16.0 Å². The lowest BCUT2D eigenvalue weighted by Gasteiger charge is -2.17. The number of sulfonamides is 1. The van der Waals surface area contributed by atoms with E-state index in [0.717, 1.165) is 0 Å². The first-order valence-electron chi connectivity index (χ1n) is 6.10. The van der Waals surface area contributed by atoms with Gasteiger partial charge in [0.15, 0.2) is 0 Å². The highest BCUT2D eigenvalue weighted by Crippen LogP contribution is 2.23. The molecule has 1 aromatic heterocycles. The molecule has 2 rings (SSSR count). The standard InChI is InChI=1S/C11H17ClN4O3S/c1-15(2)20(18,19)7-8-5-16(6-10(8)17)11-13-3-9(12)4-14-11/h3-4,8,10,17H,5-7H2,1-2H3/t8-,10-/m0/s1.